The first kappa shape index (κ1) is 22.5. The van der Waals surface area contributed by atoms with Crippen LogP contribution in [0.5, 0.6) is 0 Å². The summed E-state index contributed by atoms with van der Waals surface area (Å²) in [5.74, 6) is -0.0204. The largest absolute Gasteiger partial charge is 0.457 e. The molecular weight excluding hydrogens is 466 g/mol. The number of hydrogen-bond acceptors (Lipinski definition) is 7. The van der Waals surface area contributed by atoms with Gasteiger partial charge in [-0.1, -0.05) is 48.5 Å². The molecule has 10 heteroatoms. The van der Waals surface area contributed by atoms with E-state index < -0.39 is 12.0 Å². The van der Waals surface area contributed by atoms with Crippen molar-refractivity contribution >= 4 is 39.2 Å². The Morgan fingerprint density at radius 3 is 2.49 bits per heavy atom. The van der Waals surface area contributed by atoms with Crippen molar-refractivity contribution in [3.8, 4) is 0 Å². The number of nitrogens with one attached hydrogen (secondary N) is 1. The first-order valence-corrected chi connectivity index (χ1v) is 11.8. The van der Waals surface area contributed by atoms with Gasteiger partial charge in [-0.3, -0.25) is 23.4 Å². The zero-order chi connectivity index (χ0) is 24.4. The summed E-state index contributed by atoms with van der Waals surface area (Å²) in [6, 6.07) is 19.3. The maximum atomic E-state index is 12.8. The van der Waals surface area contributed by atoms with Crippen LogP contribution in [0, 0.1) is 0 Å². The Bertz CT molecular complexity index is 1570. The van der Waals surface area contributed by atoms with Crippen molar-refractivity contribution < 1.29 is 14.3 Å². The number of carbonyl (C=O) groups excluding carboxylic acids is 2. The lowest BCUT2D eigenvalue weighted by Crippen LogP contribution is -2.30. The summed E-state index contributed by atoms with van der Waals surface area (Å²) < 4.78 is 9.23. The standard InChI is InChI=1S/C25H21N5O4S/c1-29-24(33)22-19(12-13-35-22)30-20(27-28-25(29)30)15-34-21(31)14-18(16-8-4-2-5-9-16)26-23(32)17-10-6-3-7-11-17/h2-13,18H,14-15H2,1H3,(H,26,32). The Morgan fingerprint density at radius 2 is 1.74 bits per heavy atom. The molecule has 0 fully saturated rings. The van der Waals surface area contributed by atoms with E-state index in [2.05, 4.69) is 15.5 Å². The maximum absolute atomic E-state index is 12.8. The van der Waals surface area contributed by atoms with Crippen LogP contribution in [0.3, 0.4) is 0 Å². The van der Waals surface area contributed by atoms with Gasteiger partial charge < -0.3 is 10.1 Å². The van der Waals surface area contributed by atoms with Crippen LogP contribution in [0.2, 0.25) is 0 Å². The lowest BCUT2D eigenvalue weighted by molar-refractivity contribution is -0.145. The fourth-order valence-corrected chi connectivity index (χ4v) is 4.74. The number of thiophene rings is 1. The predicted molar refractivity (Wildman–Crippen MR) is 131 cm³/mol. The molecule has 0 bridgehead atoms. The van der Waals surface area contributed by atoms with Crippen molar-refractivity contribution in [1.82, 2.24) is 24.5 Å². The number of fused-ring (bicyclic) bond motifs is 3. The molecule has 1 unspecified atom stereocenters. The molecule has 35 heavy (non-hydrogen) atoms. The highest BCUT2D eigenvalue weighted by Gasteiger charge is 2.21. The molecule has 0 saturated carbocycles. The lowest BCUT2D eigenvalue weighted by Gasteiger charge is -2.18. The lowest BCUT2D eigenvalue weighted by atomic mass is 10.0. The normalized spacial score (nSPS) is 12.0. The first-order valence-electron chi connectivity index (χ1n) is 10.9. The second-order valence-corrected chi connectivity index (χ2v) is 8.83. The zero-order valence-electron chi connectivity index (χ0n) is 18.7. The number of ether oxygens (including phenoxy) is 1. The van der Waals surface area contributed by atoms with E-state index in [0.717, 1.165) is 5.56 Å². The van der Waals surface area contributed by atoms with Crippen molar-refractivity contribution in [2.75, 3.05) is 0 Å². The molecule has 0 aliphatic rings. The van der Waals surface area contributed by atoms with Gasteiger partial charge in [-0.25, -0.2) is 0 Å². The van der Waals surface area contributed by atoms with E-state index in [1.807, 2.05) is 47.8 Å². The average molecular weight is 488 g/mol. The van der Waals surface area contributed by atoms with E-state index in [9.17, 15) is 14.4 Å². The van der Waals surface area contributed by atoms with E-state index in [1.54, 1.807) is 35.7 Å². The van der Waals surface area contributed by atoms with Crippen LogP contribution in [0.15, 0.2) is 76.9 Å². The number of aryl methyl sites for hydroxylation is 1. The topological polar surface area (TPSA) is 108 Å². The molecule has 1 N–H and O–H groups in total. The van der Waals surface area contributed by atoms with E-state index in [1.165, 1.54) is 15.9 Å². The third kappa shape index (κ3) is 4.43. The number of amides is 1. The summed E-state index contributed by atoms with van der Waals surface area (Å²) in [4.78, 5) is 38.1. The Kier molecular flexibility index (Phi) is 6.11. The van der Waals surface area contributed by atoms with Crippen molar-refractivity contribution in [2.24, 2.45) is 7.05 Å². The van der Waals surface area contributed by atoms with Gasteiger partial charge in [0.05, 0.1) is 18.0 Å². The molecule has 0 aliphatic heterocycles. The molecule has 5 aromatic rings. The van der Waals surface area contributed by atoms with Gasteiger partial charge in [0.15, 0.2) is 12.4 Å². The quantitative estimate of drug-likeness (QED) is 0.353. The molecule has 3 heterocycles. The molecule has 1 atom stereocenters. The fraction of sp³-hybridized carbons (Fsp3) is 0.160. The number of carbonyl (C=O) groups is 2. The minimum absolute atomic E-state index is 0.0638. The molecule has 2 aromatic carbocycles. The van der Waals surface area contributed by atoms with Gasteiger partial charge in [0.1, 0.15) is 4.70 Å². The Morgan fingerprint density at radius 1 is 1.03 bits per heavy atom. The number of aromatic nitrogens is 4. The number of nitrogens with zero attached hydrogens (tertiary/aromatic N) is 4. The van der Waals surface area contributed by atoms with Gasteiger partial charge in [0.25, 0.3) is 11.5 Å². The highest BCUT2D eigenvalue weighted by Crippen LogP contribution is 2.21. The van der Waals surface area contributed by atoms with Crippen molar-refractivity contribution in [3.05, 3.63) is 99.4 Å². The third-order valence-corrected chi connectivity index (χ3v) is 6.57. The molecule has 176 valence electrons. The van der Waals surface area contributed by atoms with Crippen LogP contribution in [-0.4, -0.2) is 31.0 Å². The summed E-state index contributed by atoms with van der Waals surface area (Å²) in [7, 11) is 1.63. The van der Waals surface area contributed by atoms with E-state index >= 15 is 0 Å². The van der Waals surface area contributed by atoms with Crippen LogP contribution >= 0.6 is 11.3 Å². The minimum atomic E-state index is -0.573. The highest BCUT2D eigenvalue weighted by atomic mass is 32.1. The van der Waals surface area contributed by atoms with E-state index in [0.29, 0.717) is 27.4 Å². The van der Waals surface area contributed by atoms with Crippen LogP contribution < -0.4 is 10.9 Å². The second-order valence-electron chi connectivity index (χ2n) is 7.92. The fourth-order valence-electron chi connectivity index (χ4n) is 3.89. The van der Waals surface area contributed by atoms with Crippen LogP contribution in [0.25, 0.3) is 16.0 Å². The average Bonchev–Trinajstić information content (AvgIpc) is 3.54. The summed E-state index contributed by atoms with van der Waals surface area (Å²) in [6.07, 6.45) is -0.0638. The molecule has 5 rings (SSSR count). The first-order chi connectivity index (χ1) is 17.0. The van der Waals surface area contributed by atoms with Gasteiger partial charge in [0.2, 0.25) is 5.78 Å². The molecule has 0 saturated heterocycles. The summed E-state index contributed by atoms with van der Waals surface area (Å²) in [6.45, 7) is -0.128. The van der Waals surface area contributed by atoms with Gasteiger partial charge in [0, 0.05) is 12.6 Å². The number of hydrogen-bond donors (Lipinski definition) is 1. The smallest absolute Gasteiger partial charge is 0.308 e. The molecule has 1 amide bonds. The molecule has 0 spiro atoms. The van der Waals surface area contributed by atoms with Crippen LogP contribution in [0.1, 0.15) is 34.2 Å². The van der Waals surface area contributed by atoms with Crippen molar-refractivity contribution in [1.29, 1.82) is 0 Å². The van der Waals surface area contributed by atoms with Gasteiger partial charge in [-0.2, -0.15) is 0 Å². The Hall–Kier alpha value is -4.31. The molecule has 0 radical (unpaired) electrons. The maximum Gasteiger partial charge on any atom is 0.308 e. The van der Waals surface area contributed by atoms with Gasteiger partial charge in [-0.05, 0) is 29.1 Å². The SMILES string of the molecule is Cn1c(=O)c2sccc2n2c(COC(=O)CC(NC(=O)c3ccccc3)c3ccccc3)nnc12. The van der Waals surface area contributed by atoms with Crippen LogP contribution in [-0.2, 0) is 23.2 Å². The summed E-state index contributed by atoms with van der Waals surface area (Å²) in [5, 5.41) is 13.0. The molecular formula is C25H21N5O4S. The Balaban J connectivity index is 1.34. The highest BCUT2D eigenvalue weighted by molar-refractivity contribution is 7.17. The monoisotopic (exact) mass is 487 g/mol. The second kappa shape index (κ2) is 9.51. The van der Waals surface area contributed by atoms with Gasteiger partial charge >= 0.3 is 5.97 Å². The number of esters is 1. The van der Waals surface area contributed by atoms with Crippen molar-refractivity contribution in [3.63, 3.8) is 0 Å². The third-order valence-electron chi connectivity index (χ3n) is 5.67. The van der Waals surface area contributed by atoms with Crippen LogP contribution in [0.4, 0.5) is 0 Å². The van der Waals surface area contributed by atoms with Gasteiger partial charge in [-0.15, -0.1) is 21.5 Å². The molecule has 9 nitrogen and oxygen atoms in total. The number of benzene rings is 2. The van der Waals surface area contributed by atoms with Crippen molar-refractivity contribution in [2.45, 2.75) is 19.1 Å². The Labute approximate surface area is 203 Å². The molecule has 3 aromatic heterocycles. The minimum Gasteiger partial charge on any atom is -0.457 e. The molecule has 0 aliphatic carbocycles. The number of rotatable bonds is 7. The predicted octanol–water partition coefficient (Wildman–Crippen LogP) is 3.25. The van der Waals surface area contributed by atoms with E-state index in [4.69, 9.17) is 4.74 Å². The summed E-state index contributed by atoms with van der Waals surface area (Å²) in [5.41, 5.74) is 1.80. The van der Waals surface area contributed by atoms with E-state index in [-0.39, 0.29) is 24.5 Å². The zero-order valence-corrected chi connectivity index (χ0v) is 19.6. The summed E-state index contributed by atoms with van der Waals surface area (Å²) >= 11 is 1.33.